The van der Waals surface area contributed by atoms with E-state index in [2.05, 4.69) is 16.2 Å². The zero-order valence-corrected chi connectivity index (χ0v) is 10.4. The standard InChI is InChI=1S/C10H16BO6/c1-6-10(5,16-8(12)14-6)11-7(17-13)15-9(2,3)4/h7,13H,1H2,2-5H3. The van der Waals surface area contributed by atoms with Gasteiger partial charge in [0.15, 0.2) is 6.19 Å². The van der Waals surface area contributed by atoms with Gasteiger partial charge < -0.3 is 14.2 Å². The van der Waals surface area contributed by atoms with Crippen LogP contribution in [0.15, 0.2) is 12.3 Å². The molecule has 0 saturated carbocycles. The van der Waals surface area contributed by atoms with E-state index in [-0.39, 0.29) is 5.76 Å². The summed E-state index contributed by atoms with van der Waals surface area (Å²) < 4.78 is 15.0. The highest BCUT2D eigenvalue weighted by Gasteiger charge is 2.46. The van der Waals surface area contributed by atoms with Gasteiger partial charge in [0.2, 0.25) is 0 Å². The number of carbonyl (C=O) groups excluding carboxylic acids is 1. The molecular formula is C10H16BO6. The van der Waals surface area contributed by atoms with Crippen molar-refractivity contribution in [1.82, 2.24) is 0 Å². The summed E-state index contributed by atoms with van der Waals surface area (Å²) in [6.07, 6.45) is -1.91. The fraction of sp³-hybridized carbons (Fsp3) is 0.700. The second-order valence-electron chi connectivity index (χ2n) is 4.86. The van der Waals surface area contributed by atoms with Gasteiger partial charge in [-0.3, -0.25) is 0 Å². The Hall–Kier alpha value is -1.05. The van der Waals surface area contributed by atoms with Crippen LogP contribution in [-0.2, 0) is 19.1 Å². The Balaban J connectivity index is 2.68. The number of rotatable bonds is 4. The van der Waals surface area contributed by atoms with E-state index in [1.54, 1.807) is 27.7 Å². The topological polar surface area (TPSA) is 74.2 Å². The van der Waals surface area contributed by atoms with Crippen LogP contribution in [0.25, 0.3) is 0 Å². The lowest BCUT2D eigenvalue weighted by Gasteiger charge is -2.29. The van der Waals surface area contributed by atoms with Gasteiger partial charge in [0.25, 0.3) is 7.28 Å². The Labute approximate surface area is 101 Å². The van der Waals surface area contributed by atoms with Crippen molar-refractivity contribution in [3.8, 4) is 0 Å². The number of hydrogen-bond donors (Lipinski definition) is 1. The Bertz CT molecular complexity index is 323. The molecule has 0 aromatic rings. The summed E-state index contributed by atoms with van der Waals surface area (Å²) in [7, 11) is 1.35. The van der Waals surface area contributed by atoms with Crippen LogP contribution in [0.3, 0.4) is 0 Å². The van der Waals surface area contributed by atoms with Crippen LogP contribution in [0, 0.1) is 0 Å². The Morgan fingerprint density at radius 2 is 2.12 bits per heavy atom. The molecule has 0 spiro atoms. The molecule has 1 aliphatic rings. The van der Waals surface area contributed by atoms with Gasteiger partial charge in [-0.2, -0.15) is 0 Å². The molecule has 0 aromatic carbocycles. The average molecular weight is 243 g/mol. The lowest BCUT2D eigenvalue weighted by molar-refractivity contribution is -0.334. The monoisotopic (exact) mass is 243 g/mol. The summed E-state index contributed by atoms with van der Waals surface area (Å²) in [5.41, 5.74) is -1.72. The van der Waals surface area contributed by atoms with E-state index in [1.807, 2.05) is 0 Å². The molecule has 17 heavy (non-hydrogen) atoms. The second kappa shape index (κ2) is 4.68. The zero-order valence-electron chi connectivity index (χ0n) is 10.4. The molecule has 1 rings (SSSR count). The predicted octanol–water partition coefficient (Wildman–Crippen LogP) is 1.68. The zero-order chi connectivity index (χ0) is 13.3. The van der Waals surface area contributed by atoms with E-state index in [4.69, 9.17) is 14.7 Å². The molecule has 1 fully saturated rings. The van der Waals surface area contributed by atoms with Gasteiger partial charge in [0.1, 0.15) is 11.3 Å². The van der Waals surface area contributed by atoms with Crippen molar-refractivity contribution in [1.29, 1.82) is 0 Å². The molecule has 1 N–H and O–H groups in total. The van der Waals surface area contributed by atoms with E-state index in [1.165, 1.54) is 7.28 Å². The quantitative estimate of drug-likeness (QED) is 0.266. The molecule has 6 nitrogen and oxygen atoms in total. The Kier molecular flexibility index (Phi) is 3.86. The van der Waals surface area contributed by atoms with Gasteiger partial charge in [-0.25, -0.2) is 14.9 Å². The molecule has 0 aromatic heterocycles. The molecular weight excluding hydrogens is 227 g/mol. The van der Waals surface area contributed by atoms with Gasteiger partial charge in [-0.15, -0.1) is 0 Å². The molecule has 0 amide bonds. The van der Waals surface area contributed by atoms with Crippen molar-refractivity contribution in [3.05, 3.63) is 12.3 Å². The van der Waals surface area contributed by atoms with Gasteiger partial charge in [-0.1, -0.05) is 6.58 Å². The summed E-state index contributed by atoms with van der Waals surface area (Å²) in [4.78, 5) is 15.1. The SMILES string of the molecule is C=C1OC(=O)OC1(C)[B]C(OO)OC(C)(C)C. The molecule has 1 saturated heterocycles. The number of cyclic esters (lactones) is 2. The van der Waals surface area contributed by atoms with E-state index >= 15 is 0 Å². The first kappa shape index (κ1) is 14.0. The van der Waals surface area contributed by atoms with E-state index in [0.29, 0.717) is 0 Å². The summed E-state index contributed by atoms with van der Waals surface area (Å²) in [6.45, 7) is 10.5. The molecule has 0 bridgehead atoms. The molecule has 2 unspecified atom stereocenters. The third-order valence-electron chi connectivity index (χ3n) is 2.08. The largest absolute Gasteiger partial charge is 0.513 e. The summed E-state index contributed by atoms with van der Waals surface area (Å²) in [5, 5.41) is 8.75. The summed E-state index contributed by atoms with van der Waals surface area (Å²) >= 11 is 0. The smallest absolute Gasteiger partial charge is 0.429 e. The first-order valence-corrected chi connectivity index (χ1v) is 5.10. The number of carbonyl (C=O) groups is 1. The predicted molar refractivity (Wildman–Crippen MR) is 59.2 cm³/mol. The van der Waals surface area contributed by atoms with Crippen LogP contribution in [-0.4, -0.2) is 36.0 Å². The highest BCUT2D eigenvalue weighted by molar-refractivity contribution is 6.42. The van der Waals surface area contributed by atoms with Gasteiger partial charge in [0, 0.05) is 0 Å². The van der Waals surface area contributed by atoms with E-state index in [0.717, 1.165) is 0 Å². The third kappa shape index (κ3) is 3.73. The number of hydrogen-bond acceptors (Lipinski definition) is 6. The van der Waals surface area contributed by atoms with Gasteiger partial charge in [-0.05, 0) is 27.7 Å². The van der Waals surface area contributed by atoms with E-state index in [9.17, 15) is 4.79 Å². The maximum absolute atomic E-state index is 11.0. The Morgan fingerprint density at radius 3 is 2.47 bits per heavy atom. The van der Waals surface area contributed by atoms with Crippen molar-refractivity contribution < 1.29 is 29.1 Å². The molecule has 1 aliphatic heterocycles. The van der Waals surface area contributed by atoms with Gasteiger partial charge >= 0.3 is 6.16 Å². The minimum atomic E-state index is -1.18. The summed E-state index contributed by atoms with van der Waals surface area (Å²) in [6, 6.07) is 0. The first-order chi connectivity index (χ1) is 7.66. The van der Waals surface area contributed by atoms with Crippen LogP contribution in [0.5, 0.6) is 0 Å². The number of ether oxygens (including phenoxy) is 3. The minimum Gasteiger partial charge on any atom is -0.429 e. The normalized spacial score (nSPS) is 26.4. The van der Waals surface area contributed by atoms with Crippen molar-refractivity contribution in [2.45, 2.75) is 45.0 Å². The highest BCUT2D eigenvalue weighted by atomic mass is 17.1. The molecule has 2 atom stereocenters. The fourth-order valence-electron chi connectivity index (χ4n) is 1.27. The average Bonchev–Trinajstić information content (AvgIpc) is 2.37. The van der Waals surface area contributed by atoms with Crippen molar-refractivity contribution in [2.75, 3.05) is 0 Å². The molecule has 1 radical (unpaired) electrons. The molecule has 95 valence electrons. The fourth-order valence-corrected chi connectivity index (χ4v) is 1.27. The van der Waals surface area contributed by atoms with E-state index < -0.39 is 23.4 Å². The first-order valence-electron chi connectivity index (χ1n) is 5.10. The van der Waals surface area contributed by atoms with Crippen molar-refractivity contribution >= 4 is 13.4 Å². The molecule has 1 heterocycles. The van der Waals surface area contributed by atoms with Crippen LogP contribution in [0.1, 0.15) is 27.7 Å². The van der Waals surface area contributed by atoms with Crippen LogP contribution >= 0.6 is 0 Å². The highest BCUT2D eigenvalue weighted by Crippen LogP contribution is 2.29. The van der Waals surface area contributed by atoms with Crippen LogP contribution in [0.4, 0.5) is 4.79 Å². The third-order valence-corrected chi connectivity index (χ3v) is 2.08. The lowest BCUT2D eigenvalue weighted by Crippen LogP contribution is -2.45. The Morgan fingerprint density at radius 1 is 1.53 bits per heavy atom. The summed E-state index contributed by atoms with van der Waals surface area (Å²) in [5.74, 6) is 0.113. The van der Waals surface area contributed by atoms with Crippen LogP contribution in [0.2, 0.25) is 0 Å². The van der Waals surface area contributed by atoms with Crippen LogP contribution < -0.4 is 0 Å². The van der Waals surface area contributed by atoms with Crippen molar-refractivity contribution in [3.63, 3.8) is 0 Å². The van der Waals surface area contributed by atoms with Crippen molar-refractivity contribution in [2.24, 2.45) is 0 Å². The minimum absolute atomic E-state index is 0.113. The maximum atomic E-state index is 11.0. The molecule has 7 heteroatoms. The second-order valence-corrected chi connectivity index (χ2v) is 4.86. The maximum Gasteiger partial charge on any atom is 0.513 e. The van der Waals surface area contributed by atoms with Gasteiger partial charge in [0.05, 0.1) is 5.60 Å². The molecule has 0 aliphatic carbocycles. The lowest BCUT2D eigenvalue weighted by atomic mass is 9.59.